The highest BCUT2D eigenvalue weighted by Gasteiger charge is 2.48. The number of hydrogen-bond donors (Lipinski definition) is 1. The van der Waals surface area contributed by atoms with E-state index in [1.807, 2.05) is 12.1 Å². The van der Waals surface area contributed by atoms with Crippen LogP contribution in [0.25, 0.3) is 16.0 Å². The summed E-state index contributed by atoms with van der Waals surface area (Å²) in [6, 6.07) is 16.5. The molecule has 0 aliphatic carbocycles. The Labute approximate surface area is 245 Å². The smallest absolute Gasteiger partial charge is 0.301 e. The average molecular weight is 591 g/mol. The summed E-state index contributed by atoms with van der Waals surface area (Å²) in [6.45, 7) is 5.56. The van der Waals surface area contributed by atoms with Gasteiger partial charge in [0.1, 0.15) is 24.7 Å². The summed E-state index contributed by atoms with van der Waals surface area (Å²) < 4.78 is 18.0. The van der Waals surface area contributed by atoms with Crippen LogP contribution >= 0.6 is 22.9 Å². The molecule has 2 aliphatic rings. The Morgan fingerprint density at radius 2 is 1.90 bits per heavy atom. The number of fused-ring (bicyclic) bond motifs is 2. The van der Waals surface area contributed by atoms with E-state index in [1.165, 1.54) is 16.2 Å². The predicted molar refractivity (Wildman–Crippen MR) is 158 cm³/mol. The minimum Gasteiger partial charge on any atom is -0.507 e. The molecule has 1 atom stereocenters. The van der Waals surface area contributed by atoms with Crippen molar-refractivity contribution < 1.29 is 28.9 Å². The van der Waals surface area contributed by atoms with Crippen LogP contribution in [0.4, 0.5) is 5.13 Å². The highest BCUT2D eigenvalue weighted by Crippen LogP contribution is 2.45. The van der Waals surface area contributed by atoms with Gasteiger partial charge in [0.15, 0.2) is 16.6 Å². The van der Waals surface area contributed by atoms with Gasteiger partial charge in [0.2, 0.25) is 0 Å². The molecule has 1 amide bonds. The van der Waals surface area contributed by atoms with Crippen molar-refractivity contribution in [3.05, 3.63) is 82.4 Å². The minimum absolute atomic E-state index is 0.0525. The van der Waals surface area contributed by atoms with Gasteiger partial charge in [0.05, 0.1) is 28.4 Å². The first-order chi connectivity index (χ1) is 19.8. The lowest BCUT2D eigenvalue weighted by Gasteiger charge is -2.24. The van der Waals surface area contributed by atoms with E-state index in [4.69, 9.17) is 25.8 Å². The number of aliphatic hydroxyl groups excluding tert-OH is 1. The van der Waals surface area contributed by atoms with Gasteiger partial charge >= 0.3 is 5.91 Å². The molecule has 0 saturated carbocycles. The fourth-order valence-electron chi connectivity index (χ4n) is 4.87. The number of Topliss-reactive ketones (excluding diaryl/α,β-unsaturated/α-hetero) is 1. The number of carbonyl (C=O) groups excluding carboxylic acids is 2. The fraction of sp³-hybridized carbons (Fsp3) is 0.258. The number of benzene rings is 3. The first kappa shape index (κ1) is 27.1. The number of halogens is 1. The molecule has 210 valence electrons. The Hall–Kier alpha value is -4.08. The molecule has 8 nitrogen and oxygen atoms in total. The van der Waals surface area contributed by atoms with Gasteiger partial charge in [-0.25, -0.2) is 4.98 Å². The van der Waals surface area contributed by atoms with Crippen LogP contribution < -0.4 is 19.1 Å². The van der Waals surface area contributed by atoms with Crippen LogP contribution in [0.5, 0.6) is 17.2 Å². The van der Waals surface area contributed by atoms with Crippen molar-refractivity contribution in [1.82, 2.24) is 4.98 Å². The monoisotopic (exact) mass is 590 g/mol. The number of aliphatic hydroxyl groups is 1. The standard InChI is InChI=1S/C31H27ClN2O6S/c1-17(2)10-11-38-21-5-3-4-18(14-21)27-26(28(35)19-6-9-23-24(15-19)40-13-12-39-23)29(36)30(37)34(27)31-33-22-8-7-20(32)16-25(22)41-31/h3-9,14-17,27,35H,10-13H2,1-2H3/t27-/m0/s1. The molecule has 3 heterocycles. The second-order valence-corrected chi connectivity index (χ2v) is 11.7. The topological polar surface area (TPSA) is 98.2 Å². The molecular weight excluding hydrogens is 564 g/mol. The number of anilines is 1. The highest BCUT2D eigenvalue weighted by molar-refractivity contribution is 7.22. The molecule has 1 N–H and O–H groups in total. The zero-order valence-electron chi connectivity index (χ0n) is 22.4. The summed E-state index contributed by atoms with van der Waals surface area (Å²) in [4.78, 5) is 33.3. The Bertz CT molecular complexity index is 1700. The molecule has 2 aliphatic heterocycles. The molecule has 41 heavy (non-hydrogen) atoms. The number of ether oxygens (including phenoxy) is 3. The van der Waals surface area contributed by atoms with Crippen molar-refractivity contribution in [2.24, 2.45) is 5.92 Å². The van der Waals surface area contributed by atoms with Crippen molar-refractivity contribution in [3.63, 3.8) is 0 Å². The van der Waals surface area contributed by atoms with E-state index in [2.05, 4.69) is 18.8 Å². The second kappa shape index (κ2) is 11.1. The van der Waals surface area contributed by atoms with E-state index in [0.717, 1.165) is 11.1 Å². The molecule has 0 bridgehead atoms. The lowest BCUT2D eigenvalue weighted by atomic mass is 9.95. The number of hydrogen-bond acceptors (Lipinski definition) is 8. The van der Waals surface area contributed by atoms with Crippen molar-refractivity contribution >= 4 is 55.7 Å². The Balaban J connectivity index is 1.48. The zero-order chi connectivity index (χ0) is 28.7. The number of rotatable bonds is 7. The normalized spacial score (nSPS) is 18.0. The second-order valence-electron chi connectivity index (χ2n) is 10.2. The number of amides is 1. The van der Waals surface area contributed by atoms with Gasteiger partial charge in [0.25, 0.3) is 5.78 Å². The third-order valence-electron chi connectivity index (χ3n) is 6.94. The molecule has 1 saturated heterocycles. The van der Waals surface area contributed by atoms with E-state index < -0.39 is 17.7 Å². The average Bonchev–Trinajstić information content (AvgIpc) is 3.49. The molecule has 6 rings (SSSR count). The highest BCUT2D eigenvalue weighted by atomic mass is 35.5. The van der Waals surface area contributed by atoms with Crippen LogP contribution in [0.2, 0.25) is 5.02 Å². The zero-order valence-corrected chi connectivity index (χ0v) is 24.0. The van der Waals surface area contributed by atoms with Crippen molar-refractivity contribution in [2.75, 3.05) is 24.7 Å². The number of thiazole rings is 1. The molecule has 1 fully saturated rings. The quantitative estimate of drug-likeness (QED) is 0.144. The maximum Gasteiger partial charge on any atom is 0.301 e. The SMILES string of the molecule is CC(C)CCOc1cccc([C@H]2C(=C(O)c3ccc4c(c3)OCCO4)C(=O)C(=O)N2c2nc3ccc(Cl)cc3s2)c1. The molecule has 0 radical (unpaired) electrons. The first-order valence-electron chi connectivity index (χ1n) is 13.3. The summed E-state index contributed by atoms with van der Waals surface area (Å²) in [7, 11) is 0. The van der Waals surface area contributed by atoms with E-state index in [-0.39, 0.29) is 11.3 Å². The van der Waals surface area contributed by atoms with Gasteiger partial charge in [-0.05, 0) is 66.4 Å². The van der Waals surface area contributed by atoms with Crippen molar-refractivity contribution in [3.8, 4) is 17.2 Å². The molecule has 10 heteroatoms. The van der Waals surface area contributed by atoms with Crippen LogP contribution in [0.15, 0.2) is 66.2 Å². The third-order valence-corrected chi connectivity index (χ3v) is 8.20. The van der Waals surface area contributed by atoms with Crippen LogP contribution in [-0.4, -0.2) is 41.6 Å². The van der Waals surface area contributed by atoms with Gasteiger partial charge in [-0.15, -0.1) is 0 Å². The van der Waals surface area contributed by atoms with E-state index in [0.29, 0.717) is 69.8 Å². The maximum absolute atomic E-state index is 13.6. The number of nitrogens with zero attached hydrogens (tertiary/aromatic N) is 2. The minimum atomic E-state index is -0.951. The van der Waals surface area contributed by atoms with Crippen LogP contribution in [0.1, 0.15) is 37.4 Å². The predicted octanol–water partition coefficient (Wildman–Crippen LogP) is 6.77. The van der Waals surface area contributed by atoms with E-state index in [9.17, 15) is 14.7 Å². The van der Waals surface area contributed by atoms with Gasteiger partial charge in [-0.1, -0.05) is 48.9 Å². The third kappa shape index (κ3) is 5.23. The Morgan fingerprint density at radius 1 is 1.10 bits per heavy atom. The summed E-state index contributed by atoms with van der Waals surface area (Å²) in [5, 5.41) is 12.4. The summed E-state index contributed by atoms with van der Waals surface area (Å²) >= 11 is 7.44. The summed E-state index contributed by atoms with van der Waals surface area (Å²) in [5.74, 6) is 0.158. The first-order valence-corrected chi connectivity index (χ1v) is 14.5. The van der Waals surface area contributed by atoms with Gasteiger partial charge in [-0.3, -0.25) is 14.5 Å². The molecule has 0 unspecified atom stereocenters. The van der Waals surface area contributed by atoms with E-state index >= 15 is 0 Å². The lowest BCUT2D eigenvalue weighted by Crippen LogP contribution is -2.29. The maximum atomic E-state index is 13.6. The van der Waals surface area contributed by atoms with Crippen LogP contribution in [0.3, 0.4) is 0 Å². The van der Waals surface area contributed by atoms with Crippen molar-refractivity contribution in [1.29, 1.82) is 0 Å². The molecule has 3 aromatic carbocycles. The number of ketones is 1. The van der Waals surface area contributed by atoms with Gasteiger partial charge in [-0.2, -0.15) is 0 Å². The molecule has 0 spiro atoms. The summed E-state index contributed by atoms with van der Waals surface area (Å²) in [6.07, 6.45) is 0.876. The fourth-order valence-corrected chi connectivity index (χ4v) is 6.14. The van der Waals surface area contributed by atoms with Crippen LogP contribution in [0, 0.1) is 5.92 Å². The van der Waals surface area contributed by atoms with Gasteiger partial charge < -0.3 is 19.3 Å². The Kier molecular flexibility index (Phi) is 7.32. The lowest BCUT2D eigenvalue weighted by molar-refractivity contribution is -0.132. The van der Waals surface area contributed by atoms with Crippen LogP contribution in [-0.2, 0) is 9.59 Å². The van der Waals surface area contributed by atoms with Crippen molar-refractivity contribution in [2.45, 2.75) is 26.3 Å². The summed E-state index contributed by atoms with van der Waals surface area (Å²) in [5.41, 5.74) is 1.52. The van der Waals surface area contributed by atoms with Gasteiger partial charge in [0, 0.05) is 10.6 Å². The number of aromatic nitrogens is 1. The molecule has 1 aromatic heterocycles. The number of carbonyl (C=O) groups is 2. The van der Waals surface area contributed by atoms with E-state index in [1.54, 1.807) is 48.5 Å². The largest absolute Gasteiger partial charge is 0.507 e. The Morgan fingerprint density at radius 3 is 2.71 bits per heavy atom. The molecular formula is C31H27ClN2O6S. The molecule has 4 aromatic rings.